The summed E-state index contributed by atoms with van der Waals surface area (Å²) in [6, 6.07) is 0. The molecule has 7 heteroatoms. The summed E-state index contributed by atoms with van der Waals surface area (Å²) in [5.41, 5.74) is -2.16. The molecule has 0 aliphatic rings. The van der Waals surface area contributed by atoms with Gasteiger partial charge in [-0.2, -0.15) is 13.2 Å². The minimum absolute atomic E-state index is 0.138. The van der Waals surface area contributed by atoms with Crippen LogP contribution in [0, 0.1) is 5.41 Å². The van der Waals surface area contributed by atoms with E-state index in [-0.39, 0.29) is 6.54 Å². The predicted octanol–water partition coefficient (Wildman–Crippen LogP) is 2.29. The van der Waals surface area contributed by atoms with Gasteiger partial charge in [0, 0.05) is 13.0 Å². The third kappa shape index (κ3) is 4.93. The molecule has 0 aromatic carbocycles. The lowest BCUT2D eigenvalue weighted by Crippen LogP contribution is -2.42. The molecule has 0 saturated heterocycles. The van der Waals surface area contributed by atoms with Crippen molar-refractivity contribution in [3.05, 3.63) is 0 Å². The Balaban J connectivity index is 4.75. The summed E-state index contributed by atoms with van der Waals surface area (Å²) in [5.74, 6) is -2.02. The third-order valence-corrected chi connectivity index (χ3v) is 2.53. The number of nitrogens with zero attached hydrogens (tertiary/aromatic N) is 1. The van der Waals surface area contributed by atoms with Gasteiger partial charge in [-0.3, -0.25) is 9.59 Å². The van der Waals surface area contributed by atoms with E-state index >= 15 is 0 Å². The molecule has 106 valence electrons. The van der Waals surface area contributed by atoms with E-state index in [4.69, 9.17) is 5.11 Å². The first-order chi connectivity index (χ1) is 8.01. The van der Waals surface area contributed by atoms with Gasteiger partial charge >= 0.3 is 12.1 Å². The van der Waals surface area contributed by atoms with E-state index in [9.17, 15) is 22.8 Å². The monoisotopic (exact) mass is 269 g/mol. The molecule has 18 heavy (non-hydrogen) atoms. The van der Waals surface area contributed by atoms with Crippen molar-refractivity contribution in [1.82, 2.24) is 4.90 Å². The van der Waals surface area contributed by atoms with Gasteiger partial charge in [-0.15, -0.1) is 0 Å². The first-order valence-corrected chi connectivity index (χ1v) is 5.57. The van der Waals surface area contributed by atoms with Gasteiger partial charge in [-0.25, -0.2) is 0 Å². The highest BCUT2D eigenvalue weighted by molar-refractivity contribution is 5.81. The Morgan fingerprint density at radius 3 is 2.06 bits per heavy atom. The smallest absolute Gasteiger partial charge is 0.394 e. The molecule has 0 aromatic heterocycles. The van der Waals surface area contributed by atoms with Crippen molar-refractivity contribution in [2.24, 2.45) is 5.41 Å². The number of hydrogen-bond donors (Lipinski definition) is 1. The molecular weight excluding hydrogens is 251 g/mol. The molecule has 4 nitrogen and oxygen atoms in total. The number of alkyl halides is 3. The Kier molecular flexibility index (Phi) is 5.63. The average Bonchev–Trinajstić information content (AvgIpc) is 2.13. The number of rotatable bonds is 6. The van der Waals surface area contributed by atoms with Crippen LogP contribution in [0.4, 0.5) is 13.2 Å². The van der Waals surface area contributed by atoms with Crippen molar-refractivity contribution in [3.8, 4) is 0 Å². The van der Waals surface area contributed by atoms with Crippen molar-refractivity contribution < 1.29 is 27.9 Å². The van der Waals surface area contributed by atoms with Crippen molar-refractivity contribution in [2.45, 2.75) is 39.8 Å². The van der Waals surface area contributed by atoms with Gasteiger partial charge in [0.15, 0.2) is 0 Å². The summed E-state index contributed by atoms with van der Waals surface area (Å²) in [7, 11) is 0. The van der Waals surface area contributed by atoms with Gasteiger partial charge in [0.25, 0.3) is 0 Å². The average molecular weight is 269 g/mol. The molecule has 0 atom stereocenters. The molecule has 0 unspecified atom stereocenters. The van der Waals surface area contributed by atoms with Gasteiger partial charge < -0.3 is 10.0 Å². The van der Waals surface area contributed by atoms with Crippen LogP contribution in [-0.4, -0.2) is 41.1 Å². The fraction of sp³-hybridized carbons (Fsp3) is 0.818. The molecule has 0 spiro atoms. The highest BCUT2D eigenvalue weighted by Gasteiger charge is 2.48. The van der Waals surface area contributed by atoms with Crippen LogP contribution in [0.3, 0.4) is 0 Å². The number of aliphatic carboxylic acids is 1. The minimum Gasteiger partial charge on any atom is -0.480 e. The van der Waals surface area contributed by atoms with Crippen LogP contribution in [0.25, 0.3) is 0 Å². The Hall–Kier alpha value is -1.27. The summed E-state index contributed by atoms with van der Waals surface area (Å²) in [6.07, 6.45) is -4.75. The van der Waals surface area contributed by atoms with Crippen LogP contribution in [0.2, 0.25) is 0 Å². The number of carbonyl (C=O) groups excluding carboxylic acids is 1. The van der Waals surface area contributed by atoms with Gasteiger partial charge in [0.1, 0.15) is 6.54 Å². The van der Waals surface area contributed by atoms with Crippen LogP contribution in [0.5, 0.6) is 0 Å². The summed E-state index contributed by atoms with van der Waals surface area (Å²) in [6.45, 7) is 3.14. The Bertz CT molecular complexity index is 313. The Morgan fingerprint density at radius 1 is 1.22 bits per heavy atom. The topological polar surface area (TPSA) is 57.6 Å². The first-order valence-electron chi connectivity index (χ1n) is 5.57. The van der Waals surface area contributed by atoms with E-state index < -0.39 is 36.4 Å². The van der Waals surface area contributed by atoms with Crippen LogP contribution in [-0.2, 0) is 9.59 Å². The predicted molar refractivity (Wildman–Crippen MR) is 59.0 cm³/mol. The lowest BCUT2D eigenvalue weighted by atomic mass is 9.88. The summed E-state index contributed by atoms with van der Waals surface area (Å²) in [4.78, 5) is 23.2. The second-order valence-corrected chi connectivity index (χ2v) is 4.77. The molecule has 0 bridgehead atoms. The lowest BCUT2D eigenvalue weighted by molar-refractivity contribution is -0.215. The van der Waals surface area contributed by atoms with Crippen molar-refractivity contribution in [1.29, 1.82) is 0 Å². The normalized spacial score (nSPS) is 12.3. The van der Waals surface area contributed by atoms with E-state index in [0.717, 1.165) is 18.7 Å². The van der Waals surface area contributed by atoms with Gasteiger partial charge in [0.2, 0.25) is 5.91 Å². The van der Waals surface area contributed by atoms with Gasteiger partial charge in [-0.1, -0.05) is 20.8 Å². The van der Waals surface area contributed by atoms with E-state index in [1.165, 1.54) is 0 Å². The molecular formula is C11H18F3NO3. The second kappa shape index (κ2) is 6.06. The van der Waals surface area contributed by atoms with E-state index in [1.807, 2.05) is 0 Å². The first kappa shape index (κ1) is 16.7. The fourth-order valence-electron chi connectivity index (χ4n) is 1.32. The Labute approximate surface area is 104 Å². The molecule has 0 radical (unpaired) electrons. The quantitative estimate of drug-likeness (QED) is 0.804. The number of hydrogen-bond acceptors (Lipinski definition) is 2. The molecule has 0 fully saturated rings. The van der Waals surface area contributed by atoms with Crippen LogP contribution in [0.1, 0.15) is 33.6 Å². The number of halogens is 3. The minimum atomic E-state index is -4.50. The van der Waals surface area contributed by atoms with Crippen LogP contribution < -0.4 is 0 Å². The summed E-state index contributed by atoms with van der Waals surface area (Å²) in [5, 5.41) is 8.60. The van der Waals surface area contributed by atoms with E-state index in [0.29, 0.717) is 6.42 Å². The van der Waals surface area contributed by atoms with Crippen molar-refractivity contribution >= 4 is 11.9 Å². The molecule has 0 aromatic rings. The fourth-order valence-corrected chi connectivity index (χ4v) is 1.32. The molecule has 0 aliphatic carbocycles. The number of carbonyl (C=O) groups is 2. The highest BCUT2D eigenvalue weighted by atomic mass is 19.4. The maximum absolute atomic E-state index is 12.6. The van der Waals surface area contributed by atoms with Crippen LogP contribution >= 0.6 is 0 Å². The molecule has 1 N–H and O–H groups in total. The number of carboxylic acid groups (broad SMARTS) is 1. The zero-order valence-corrected chi connectivity index (χ0v) is 10.7. The zero-order valence-electron chi connectivity index (χ0n) is 10.7. The molecule has 0 rings (SSSR count). The lowest BCUT2D eigenvalue weighted by Gasteiger charge is -2.30. The Morgan fingerprint density at radius 2 is 1.72 bits per heavy atom. The highest BCUT2D eigenvalue weighted by Crippen LogP contribution is 2.40. The molecule has 0 heterocycles. The largest absolute Gasteiger partial charge is 0.480 e. The SMILES string of the molecule is CCCN(CC(=O)O)C(=O)CC(C)(C)C(F)(F)F. The number of carboxylic acids is 1. The van der Waals surface area contributed by atoms with Crippen LogP contribution in [0.15, 0.2) is 0 Å². The van der Waals surface area contributed by atoms with E-state index in [1.54, 1.807) is 6.92 Å². The third-order valence-electron chi connectivity index (χ3n) is 2.53. The van der Waals surface area contributed by atoms with Gasteiger partial charge in [-0.05, 0) is 6.42 Å². The van der Waals surface area contributed by atoms with Crippen molar-refractivity contribution in [3.63, 3.8) is 0 Å². The summed E-state index contributed by atoms with van der Waals surface area (Å²) < 4.78 is 37.9. The van der Waals surface area contributed by atoms with E-state index in [2.05, 4.69) is 0 Å². The van der Waals surface area contributed by atoms with Crippen molar-refractivity contribution in [2.75, 3.05) is 13.1 Å². The molecule has 0 aliphatic heterocycles. The molecule has 1 amide bonds. The zero-order chi connectivity index (χ0) is 14.6. The molecule has 0 saturated carbocycles. The maximum atomic E-state index is 12.6. The second-order valence-electron chi connectivity index (χ2n) is 4.77. The summed E-state index contributed by atoms with van der Waals surface area (Å²) >= 11 is 0. The standard InChI is InChI=1S/C11H18F3NO3/c1-4-5-15(7-9(17)18)8(16)6-10(2,3)11(12,13)14/h4-7H2,1-3H3,(H,17,18). The maximum Gasteiger partial charge on any atom is 0.394 e. The van der Waals surface area contributed by atoms with Gasteiger partial charge in [0.05, 0.1) is 5.41 Å². The number of amides is 1.